The van der Waals surface area contributed by atoms with E-state index in [2.05, 4.69) is 15.2 Å². The lowest BCUT2D eigenvalue weighted by molar-refractivity contribution is -0.163. The van der Waals surface area contributed by atoms with Crippen molar-refractivity contribution in [2.45, 2.75) is 64.5 Å². The predicted molar refractivity (Wildman–Crippen MR) is 208 cm³/mol. The highest BCUT2D eigenvalue weighted by Crippen LogP contribution is 2.36. The number of carboxylic acid groups (broad SMARTS) is 2. The fourth-order valence-electron chi connectivity index (χ4n) is 6.46. The Bertz CT molecular complexity index is 2040. The van der Waals surface area contributed by atoms with Gasteiger partial charge in [0, 0.05) is 55.8 Å². The molecule has 3 aromatic carbocycles. The van der Waals surface area contributed by atoms with Crippen molar-refractivity contribution in [3.8, 4) is 28.4 Å². The molecule has 0 radical (unpaired) electrons. The molecule has 1 atom stereocenters. The minimum absolute atomic E-state index is 0.00603. The number of ether oxygens (including phenoxy) is 3. The van der Waals surface area contributed by atoms with Crippen molar-refractivity contribution >= 4 is 29.4 Å². The van der Waals surface area contributed by atoms with Gasteiger partial charge in [-0.05, 0) is 79.1 Å². The van der Waals surface area contributed by atoms with E-state index in [-0.39, 0.29) is 43.2 Å². The van der Waals surface area contributed by atoms with Crippen molar-refractivity contribution in [2.75, 3.05) is 32.8 Å². The van der Waals surface area contributed by atoms with Crippen LogP contribution < -0.4 is 25.3 Å². The zero-order chi connectivity index (χ0) is 40.4. The van der Waals surface area contributed by atoms with Crippen LogP contribution in [0.15, 0.2) is 67.0 Å². The number of benzene rings is 3. The Morgan fingerprint density at radius 1 is 0.911 bits per heavy atom. The van der Waals surface area contributed by atoms with E-state index in [1.54, 1.807) is 18.2 Å². The molecule has 298 valence electrons. The third-order valence-electron chi connectivity index (χ3n) is 9.97. The van der Waals surface area contributed by atoms with Gasteiger partial charge in [-0.3, -0.25) is 19.9 Å². The number of hydrogen-bond acceptors (Lipinski definition) is 11. The Morgan fingerprint density at radius 3 is 2.29 bits per heavy atom. The number of likely N-dealkylation sites (tertiary alicyclic amines) is 1. The van der Waals surface area contributed by atoms with Crippen LogP contribution in [0, 0.1) is 13.8 Å². The summed E-state index contributed by atoms with van der Waals surface area (Å²) >= 11 is 6.69. The molecule has 0 unspecified atom stereocenters. The molecular weight excluding hydrogens is 744 g/mol. The summed E-state index contributed by atoms with van der Waals surface area (Å²) in [5.74, 6) is -1.58. The van der Waals surface area contributed by atoms with Crippen LogP contribution in [0.25, 0.3) is 11.1 Å². The molecule has 14 nitrogen and oxygen atoms in total. The SMILES string of the molecule is Cc1c(COc2cc(OCc3cncc(C(N)=O)c3)c(CN[C@H](CO)C(=O)O)cc2Cl)cccc1-c1cccc(OCCCN2CCC(O)(C(=O)O)CC2)c1C. The summed E-state index contributed by atoms with van der Waals surface area (Å²) in [7, 11) is 0. The Hall–Kier alpha value is -5.25. The van der Waals surface area contributed by atoms with Crippen molar-refractivity contribution in [3.63, 3.8) is 0 Å². The summed E-state index contributed by atoms with van der Waals surface area (Å²) in [6.07, 6.45) is 4.05. The second-order valence-corrected chi connectivity index (χ2v) is 14.2. The molecule has 56 heavy (non-hydrogen) atoms. The summed E-state index contributed by atoms with van der Waals surface area (Å²) in [5, 5.41) is 41.4. The van der Waals surface area contributed by atoms with Crippen LogP contribution in [0.5, 0.6) is 17.2 Å². The van der Waals surface area contributed by atoms with Gasteiger partial charge >= 0.3 is 11.9 Å². The largest absolute Gasteiger partial charge is 0.493 e. The molecule has 0 spiro atoms. The fourth-order valence-corrected chi connectivity index (χ4v) is 6.71. The molecule has 0 bridgehead atoms. The standard InChI is InChI=1S/C41H47ClN4O10/c1-25-28(6-3-7-31(25)32-8-4-9-35(26(32)2)54-15-5-12-46-13-10-41(53,11-14-46)40(51)52)24-56-37-18-36(55-23-27-16-30(38(43)48)20-44-19-27)29(17-33(37)42)21-45-34(22-47)39(49)50/h3-4,6-9,16-20,34,45,47,53H,5,10-15,21-24H2,1-2H3,(H2,43,48)(H,49,50)(H,51,52)/t34-/m1/s1. The number of aliphatic hydroxyl groups is 2. The van der Waals surface area contributed by atoms with Crippen molar-refractivity contribution in [2.24, 2.45) is 5.73 Å². The molecule has 1 aromatic heterocycles. The number of piperidine rings is 1. The number of aromatic nitrogens is 1. The van der Waals surface area contributed by atoms with Gasteiger partial charge in [0.1, 0.15) is 36.5 Å². The van der Waals surface area contributed by atoms with E-state index in [4.69, 9.17) is 31.5 Å². The van der Waals surface area contributed by atoms with E-state index in [0.29, 0.717) is 42.3 Å². The van der Waals surface area contributed by atoms with E-state index in [9.17, 15) is 34.8 Å². The van der Waals surface area contributed by atoms with Gasteiger partial charge in [-0.25, -0.2) is 4.79 Å². The lowest BCUT2D eigenvalue weighted by Crippen LogP contribution is -2.49. The molecular formula is C41H47ClN4O10. The van der Waals surface area contributed by atoms with E-state index in [0.717, 1.165) is 46.5 Å². The number of halogens is 1. The second-order valence-electron chi connectivity index (χ2n) is 13.8. The van der Waals surface area contributed by atoms with Crippen LogP contribution >= 0.6 is 11.6 Å². The number of carbonyl (C=O) groups excluding carboxylic acids is 1. The number of aliphatic carboxylic acids is 2. The quantitative estimate of drug-likeness (QED) is 0.0724. The molecule has 1 aliphatic rings. The maximum atomic E-state index is 11.7. The Kier molecular flexibility index (Phi) is 14.3. The topological polar surface area (TPSA) is 214 Å². The highest BCUT2D eigenvalue weighted by molar-refractivity contribution is 6.32. The van der Waals surface area contributed by atoms with Crippen LogP contribution in [0.2, 0.25) is 5.02 Å². The molecule has 1 fully saturated rings. The van der Waals surface area contributed by atoms with Crippen LogP contribution in [0.3, 0.4) is 0 Å². The summed E-state index contributed by atoms with van der Waals surface area (Å²) in [4.78, 5) is 40.7. The first-order chi connectivity index (χ1) is 26.8. The van der Waals surface area contributed by atoms with Crippen molar-refractivity contribution in [1.29, 1.82) is 0 Å². The fraction of sp³-hybridized carbons (Fsp3) is 0.366. The molecule has 1 saturated heterocycles. The number of hydrogen-bond donors (Lipinski definition) is 6. The number of carboxylic acids is 2. The van der Waals surface area contributed by atoms with Gasteiger partial charge in [0.25, 0.3) is 0 Å². The molecule has 2 heterocycles. The monoisotopic (exact) mass is 790 g/mol. The smallest absolute Gasteiger partial charge is 0.335 e. The van der Waals surface area contributed by atoms with Crippen molar-refractivity contribution in [1.82, 2.24) is 15.2 Å². The van der Waals surface area contributed by atoms with Crippen LogP contribution in [-0.2, 0) is 29.3 Å². The number of nitrogens with zero attached hydrogens (tertiary/aromatic N) is 2. The van der Waals surface area contributed by atoms with Gasteiger partial charge in [0.05, 0.1) is 23.8 Å². The van der Waals surface area contributed by atoms with Gasteiger partial charge in [-0.1, -0.05) is 41.9 Å². The van der Waals surface area contributed by atoms with Crippen molar-refractivity contribution < 1.29 is 49.0 Å². The van der Waals surface area contributed by atoms with E-state index in [1.165, 1.54) is 12.4 Å². The minimum Gasteiger partial charge on any atom is -0.493 e. The summed E-state index contributed by atoms with van der Waals surface area (Å²) in [6, 6.07) is 15.5. The Morgan fingerprint density at radius 2 is 1.61 bits per heavy atom. The van der Waals surface area contributed by atoms with Crippen LogP contribution in [0.1, 0.15) is 57.4 Å². The molecule has 7 N–H and O–H groups in total. The normalized spacial score (nSPS) is 14.5. The van der Waals surface area contributed by atoms with Gasteiger partial charge in [-0.15, -0.1) is 0 Å². The number of aliphatic hydroxyl groups excluding tert-OH is 1. The summed E-state index contributed by atoms with van der Waals surface area (Å²) in [6.45, 7) is 5.86. The van der Waals surface area contributed by atoms with Gasteiger partial charge in [0.15, 0.2) is 5.60 Å². The predicted octanol–water partition coefficient (Wildman–Crippen LogP) is 4.49. The van der Waals surface area contributed by atoms with Gasteiger partial charge in [0.2, 0.25) is 5.91 Å². The van der Waals surface area contributed by atoms with E-state index >= 15 is 0 Å². The molecule has 15 heteroatoms. The number of rotatable bonds is 19. The lowest BCUT2D eigenvalue weighted by Gasteiger charge is -2.35. The molecule has 5 rings (SSSR count). The van der Waals surface area contributed by atoms with Gasteiger partial charge < -0.3 is 45.3 Å². The number of amides is 1. The van der Waals surface area contributed by atoms with Crippen molar-refractivity contribution in [3.05, 3.63) is 105 Å². The highest BCUT2D eigenvalue weighted by atomic mass is 35.5. The molecule has 0 saturated carbocycles. The number of primary amides is 1. The first kappa shape index (κ1) is 41.9. The average Bonchev–Trinajstić information content (AvgIpc) is 3.17. The third kappa shape index (κ3) is 10.5. The first-order valence-corrected chi connectivity index (χ1v) is 18.6. The van der Waals surface area contributed by atoms with Crippen LogP contribution in [-0.4, -0.2) is 92.6 Å². The third-order valence-corrected chi connectivity index (χ3v) is 10.3. The highest BCUT2D eigenvalue weighted by Gasteiger charge is 2.39. The Balaban J connectivity index is 1.27. The zero-order valence-electron chi connectivity index (χ0n) is 31.3. The maximum absolute atomic E-state index is 11.7. The number of carbonyl (C=O) groups is 3. The number of nitrogens with one attached hydrogen (secondary N) is 1. The molecule has 4 aromatic rings. The average molecular weight is 791 g/mol. The maximum Gasteiger partial charge on any atom is 0.335 e. The van der Waals surface area contributed by atoms with Gasteiger partial charge in [-0.2, -0.15) is 0 Å². The lowest BCUT2D eigenvalue weighted by atomic mass is 9.91. The van der Waals surface area contributed by atoms with E-state index in [1.807, 2.05) is 50.2 Å². The minimum atomic E-state index is -1.64. The van der Waals surface area contributed by atoms with Crippen LogP contribution in [0.4, 0.5) is 0 Å². The molecule has 1 amide bonds. The zero-order valence-corrected chi connectivity index (χ0v) is 32.1. The first-order valence-electron chi connectivity index (χ1n) is 18.2. The molecule has 0 aliphatic carbocycles. The Labute approximate surface area is 329 Å². The summed E-state index contributed by atoms with van der Waals surface area (Å²) in [5.41, 5.74) is 9.98. The second kappa shape index (κ2) is 19.1. The number of pyridine rings is 1. The number of nitrogens with two attached hydrogens (primary N) is 1. The van der Waals surface area contributed by atoms with E-state index < -0.39 is 36.1 Å². The summed E-state index contributed by atoms with van der Waals surface area (Å²) < 4.78 is 18.6. The molecule has 1 aliphatic heterocycles.